The predicted octanol–water partition coefficient (Wildman–Crippen LogP) is 2.83. The van der Waals surface area contributed by atoms with Gasteiger partial charge in [-0.25, -0.2) is 0 Å². The molecule has 3 heteroatoms. The van der Waals surface area contributed by atoms with Crippen LogP contribution in [0.2, 0.25) is 0 Å². The highest BCUT2D eigenvalue weighted by Crippen LogP contribution is 2.14. The first-order valence-electron chi connectivity index (χ1n) is 7.40. The van der Waals surface area contributed by atoms with Gasteiger partial charge in [0.15, 0.2) is 12.4 Å². The number of ketones is 1. The van der Waals surface area contributed by atoms with Gasteiger partial charge in [0.25, 0.3) is 0 Å². The van der Waals surface area contributed by atoms with Gasteiger partial charge in [0, 0.05) is 19.0 Å². The Balaban J connectivity index is 2.06. The first kappa shape index (κ1) is 15.2. The highest BCUT2D eigenvalue weighted by Gasteiger charge is 2.13. The molecule has 0 atom stereocenters. The summed E-state index contributed by atoms with van der Waals surface area (Å²) in [6.07, 6.45) is 4.41. The van der Waals surface area contributed by atoms with Crippen LogP contribution in [0.1, 0.15) is 23.6 Å². The van der Waals surface area contributed by atoms with Crippen molar-refractivity contribution in [3.8, 4) is 0 Å². The maximum absolute atomic E-state index is 12.3. The van der Waals surface area contributed by atoms with Gasteiger partial charge >= 0.3 is 0 Å². The van der Waals surface area contributed by atoms with Gasteiger partial charge < -0.3 is 5.32 Å². The number of aromatic nitrogens is 1. The van der Waals surface area contributed by atoms with E-state index in [1.54, 1.807) is 0 Å². The van der Waals surface area contributed by atoms with Gasteiger partial charge in [0.05, 0.1) is 5.69 Å². The molecule has 0 bridgehead atoms. The van der Waals surface area contributed by atoms with E-state index in [2.05, 4.69) is 38.2 Å². The Kier molecular flexibility index (Phi) is 5.09. The lowest BCUT2D eigenvalue weighted by Crippen LogP contribution is -2.38. The summed E-state index contributed by atoms with van der Waals surface area (Å²) in [6.45, 7) is 7.47. The number of nitrogens with one attached hydrogen (secondary N) is 1. The second-order valence-corrected chi connectivity index (χ2v) is 5.38. The van der Waals surface area contributed by atoms with E-state index >= 15 is 0 Å². The Hall–Kier alpha value is -2.16. The molecule has 0 spiro atoms. The summed E-state index contributed by atoms with van der Waals surface area (Å²) < 4.78 is 1.94. The molecule has 0 fully saturated rings. The fraction of sp³-hybridized carbons (Fsp3) is 0.333. The fourth-order valence-electron chi connectivity index (χ4n) is 2.51. The van der Waals surface area contributed by atoms with E-state index in [4.69, 9.17) is 0 Å². The molecule has 1 N–H and O–H groups in total. The van der Waals surface area contributed by atoms with Gasteiger partial charge in [-0.3, -0.25) is 4.79 Å². The zero-order valence-electron chi connectivity index (χ0n) is 13.0. The molecule has 3 nitrogen and oxygen atoms in total. The average Bonchev–Trinajstić information content (AvgIpc) is 2.44. The smallest absolute Gasteiger partial charge is 0.206 e. The van der Waals surface area contributed by atoms with E-state index in [-0.39, 0.29) is 5.78 Å². The molecule has 0 radical (unpaired) electrons. The van der Waals surface area contributed by atoms with Gasteiger partial charge in [-0.1, -0.05) is 18.2 Å². The number of hydrogen-bond donors (Lipinski definition) is 1. The van der Waals surface area contributed by atoms with E-state index in [0.717, 1.165) is 17.8 Å². The Morgan fingerprint density at radius 2 is 1.86 bits per heavy atom. The molecule has 0 unspecified atom stereocenters. The lowest BCUT2D eigenvalue weighted by molar-refractivity contribution is -0.683. The van der Waals surface area contributed by atoms with E-state index in [9.17, 15) is 4.79 Å². The van der Waals surface area contributed by atoms with Crippen LogP contribution in [-0.4, -0.2) is 12.3 Å². The topological polar surface area (TPSA) is 33.0 Å². The van der Waals surface area contributed by atoms with Crippen molar-refractivity contribution < 1.29 is 9.36 Å². The molecule has 110 valence electrons. The van der Waals surface area contributed by atoms with Gasteiger partial charge in [-0.15, -0.1) is 0 Å². The zero-order chi connectivity index (χ0) is 15.2. The third-order valence-electron chi connectivity index (χ3n) is 3.62. The number of Topliss-reactive ketones (excluding diaryl/α,β-unsaturated/α-hetero) is 1. The molecule has 0 aliphatic heterocycles. The van der Waals surface area contributed by atoms with Gasteiger partial charge in [0.2, 0.25) is 12.3 Å². The van der Waals surface area contributed by atoms with Crippen molar-refractivity contribution in [3.63, 3.8) is 0 Å². The van der Waals surface area contributed by atoms with Crippen molar-refractivity contribution in [2.24, 2.45) is 0 Å². The minimum Gasteiger partial charge on any atom is -0.381 e. The van der Waals surface area contributed by atoms with Crippen LogP contribution >= 0.6 is 0 Å². The van der Waals surface area contributed by atoms with E-state index in [1.807, 2.05) is 35.2 Å². The van der Waals surface area contributed by atoms with Gasteiger partial charge in [-0.2, -0.15) is 4.57 Å². The standard InChI is InChI=1S/C18H23N2O/c1-4-19-16-9-6-10-20(12-16)13-17(21)11-18-14(2)7-5-8-15(18)3/h5-10,12,19H,4,11,13H2,1-3H3/q+1. The summed E-state index contributed by atoms with van der Waals surface area (Å²) in [6, 6.07) is 10.1. The van der Waals surface area contributed by atoms with E-state index < -0.39 is 0 Å². The van der Waals surface area contributed by atoms with Crippen LogP contribution in [0.3, 0.4) is 0 Å². The molecule has 0 amide bonds. The normalized spacial score (nSPS) is 10.4. The maximum atomic E-state index is 12.3. The molecule has 1 heterocycles. The minimum absolute atomic E-state index is 0.228. The Bertz CT molecular complexity index is 615. The number of carbonyl (C=O) groups excluding carboxylic acids is 1. The van der Waals surface area contributed by atoms with Crippen LogP contribution in [0.25, 0.3) is 0 Å². The summed E-state index contributed by atoms with van der Waals surface area (Å²) in [5.74, 6) is 0.228. The third kappa shape index (κ3) is 4.15. The minimum atomic E-state index is 0.228. The summed E-state index contributed by atoms with van der Waals surface area (Å²) in [7, 11) is 0. The molecule has 1 aromatic heterocycles. The number of nitrogens with zero attached hydrogens (tertiary/aromatic N) is 1. The van der Waals surface area contributed by atoms with Crippen LogP contribution in [0, 0.1) is 13.8 Å². The Morgan fingerprint density at radius 3 is 2.52 bits per heavy atom. The predicted molar refractivity (Wildman–Crippen MR) is 85.4 cm³/mol. The molecule has 0 aliphatic rings. The second kappa shape index (κ2) is 7.02. The number of aryl methyl sites for hydroxylation is 2. The molecule has 2 aromatic rings. The molecule has 1 aromatic carbocycles. The average molecular weight is 283 g/mol. The Labute approximate surface area is 126 Å². The number of hydrogen-bond acceptors (Lipinski definition) is 2. The Morgan fingerprint density at radius 1 is 1.14 bits per heavy atom. The molecule has 0 saturated heterocycles. The zero-order valence-corrected chi connectivity index (χ0v) is 13.0. The number of carbonyl (C=O) groups is 1. The highest BCUT2D eigenvalue weighted by molar-refractivity contribution is 5.80. The van der Waals surface area contributed by atoms with Gasteiger partial charge in [0.1, 0.15) is 0 Å². The van der Waals surface area contributed by atoms with Crippen molar-refractivity contribution in [1.82, 2.24) is 0 Å². The number of pyridine rings is 1. The largest absolute Gasteiger partial charge is 0.381 e. The quantitative estimate of drug-likeness (QED) is 0.827. The summed E-state index contributed by atoms with van der Waals surface area (Å²) in [5.41, 5.74) is 4.58. The highest BCUT2D eigenvalue weighted by atomic mass is 16.1. The molecule has 21 heavy (non-hydrogen) atoms. The summed E-state index contributed by atoms with van der Waals surface area (Å²) >= 11 is 0. The monoisotopic (exact) mass is 283 g/mol. The lowest BCUT2D eigenvalue weighted by Gasteiger charge is -2.08. The van der Waals surface area contributed by atoms with Crippen LogP contribution in [0.15, 0.2) is 42.7 Å². The lowest BCUT2D eigenvalue weighted by atomic mass is 9.98. The molecule has 0 aliphatic carbocycles. The molecular weight excluding hydrogens is 260 g/mol. The van der Waals surface area contributed by atoms with E-state index in [0.29, 0.717) is 13.0 Å². The SMILES string of the molecule is CCNc1ccc[n+](CC(=O)Cc2c(C)cccc2C)c1. The van der Waals surface area contributed by atoms with Crippen molar-refractivity contribution in [2.75, 3.05) is 11.9 Å². The third-order valence-corrected chi connectivity index (χ3v) is 3.62. The number of benzene rings is 1. The first-order chi connectivity index (χ1) is 10.1. The maximum Gasteiger partial charge on any atom is 0.206 e. The number of rotatable bonds is 6. The molecule has 0 saturated carbocycles. The van der Waals surface area contributed by atoms with Crippen LogP contribution in [-0.2, 0) is 17.8 Å². The van der Waals surface area contributed by atoms with E-state index in [1.165, 1.54) is 11.1 Å². The molecule has 2 rings (SSSR count). The number of anilines is 1. The van der Waals surface area contributed by atoms with Crippen LogP contribution in [0.4, 0.5) is 5.69 Å². The van der Waals surface area contributed by atoms with Gasteiger partial charge in [-0.05, 0) is 43.5 Å². The summed E-state index contributed by atoms with van der Waals surface area (Å²) in [5, 5.41) is 3.26. The van der Waals surface area contributed by atoms with Crippen molar-refractivity contribution in [3.05, 3.63) is 59.4 Å². The first-order valence-corrected chi connectivity index (χ1v) is 7.40. The van der Waals surface area contributed by atoms with Crippen molar-refractivity contribution >= 4 is 11.5 Å². The fourth-order valence-corrected chi connectivity index (χ4v) is 2.51. The van der Waals surface area contributed by atoms with Crippen LogP contribution < -0.4 is 9.88 Å². The van der Waals surface area contributed by atoms with Crippen molar-refractivity contribution in [2.45, 2.75) is 33.7 Å². The van der Waals surface area contributed by atoms with Crippen LogP contribution in [0.5, 0.6) is 0 Å². The summed E-state index contributed by atoms with van der Waals surface area (Å²) in [4.78, 5) is 12.3. The van der Waals surface area contributed by atoms with Crippen molar-refractivity contribution in [1.29, 1.82) is 0 Å². The second-order valence-electron chi connectivity index (χ2n) is 5.38. The molecular formula is C18H23N2O+.